The Labute approximate surface area is 97.1 Å². The van der Waals surface area contributed by atoms with Crippen LogP contribution < -0.4 is 10.0 Å². The molecule has 0 aliphatic rings. The number of nitrogen functional groups attached to an aromatic ring is 1. The van der Waals surface area contributed by atoms with Crippen molar-refractivity contribution in [2.45, 2.75) is 20.3 Å². The molecule has 1 aromatic carbocycles. The molecule has 4 nitrogen and oxygen atoms in total. The van der Waals surface area contributed by atoms with Crippen molar-refractivity contribution < 1.29 is 8.42 Å². The van der Waals surface area contributed by atoms with E-state index in [9.17, 15) is 8.42 Å². The summed E-state index contributed by atoms with van der Waals surface area (Å²) in [4.78, 5) is 0. The Kier molecular flexibility index (Phi) is 4.18. The second kappa shape index (κ2) is 5.21. The molecule has 0 spiro atoms. The number of sulfonamides is 1. The molecule has 0 atom stereocenters. The molecule has 0 unspecified atom stereocenters. The lowest BCUT2D eigenvalue weighted by atomic mass is 10.3. The first kappa shape index (κ1) is 12.8. The van der Waals surface area contributed by atoms with Gasteiger partial charge in [0.15, 0.2) is 0 Å². The fourth-order valence-corrected chi connectivity index (χ4v) is 3.15. The average Bonchev–Trinajstić information content (AvgIpc) is 2.18. The highest BCUT2D eigenvalue weighted by Gasteiger charge is 2.19. The number of hydrogen-bond acceptors (Lipinski definition) is 3. The van der Waals surface area contributed by atoms with Gasteiger partial charge >= 0.3 is 0 Å². The molecule has 0 radical (unpaired) electrons. The maximum absolute atomic E-state index is 12.0. The van der Waals surface area contributed by atoms with Crippen LogP contribution in [-0.4, -0.2) is 20.7 Å². The molecular weight excluding hydrogens is 224 g/mol. The van der Waals surface area contributed by atoms with E-state index in [1.165, 1.54) is 4.31 Å². The van der Waals surface area contributed by atoms with Crippen molar-refractivity contribution in [1.82, 2.24) is 0 Å². The van der Waals surface area contributed by atoms with Crippen molar-refractivity contribution in [3.63, 3.8) is 0 Å². The zero-order valence-corrected chi connectivity index (χ0v) is 10.5. The van der Waals surface area contributed by atoms with Crippen LogP contribution in [-0.2, 0) is 10.0 Å². The lowest BCUT2D eigenvalue weighted by Gasteiger charge is -2.22. The van der Waals surface area contributed by atoms with Gasteiger partial charge in [-0.2, -0.15) is 0 Å². The molecule has 1 rings (SSSR count). The summed E-state index contributed by atoms with van der Waals surface area (Å²) < 4.78 is 25.3. The highest BCUT2D eigenvalue weighted by atomic mass is 32.2. The molecule has 0 heterocycles. The Hall–Kier alpha value is -1.23. The minimum Gasteiger partial charge on any atom is -0.399 e. The molecule has 0 saturated heterocycles. The summed E-state index contributed by atoms with van der Waals surface area (Å²) in [6.45, 7) is 4.09. The highest BCUT2D eigenvalue weighted by molar-refractivity contribution is 7.92. The fraction of sp³-hybridized carbons (Fsp3) is 0.455. The summed E-state index contributed by atoms with van der Waals surface area (Å²) in [7, 11) is -3.21. The van der Waals surface area contributed by atoms with Crippen molar-refractivity contribution in [2.24, 2.45) is 0 Å². The second-order valence-corrected chi connectivity index (χ2v) is 5.59. The molecule has 0 fully saturated rings. The van der Waals surface area contributed by atoms with Crippen LogP contribution in [0, 0.1) is 0 Å². The lowest BCUT2D eigenvalue weighted by Crippen LogP contribution is -2.32. The van der Waals surface area contributed by atoms with Gasteiger partial charge in [-0.25, -0.2) is 8.42 Å². The first-order valence-electron chi connectivity index (χ1n) is 5.37. The van der Waals surface area contributed by atoms with Crippen LogP contribution in [0.25, 0.3) is 0 Å². The summed E-state index contributed by atoms with van der Waals surface area (Å²) in [5.41, 5.74) is 6.85. The van der Waals surface area contributed by atoms with Gasteiger partial charge in [0.1, 0.15) is 0 Å². The fourth-order valence-electron chi connectivity index (χ4n) is 1.59. The van der Waals surface area contributed by atoms with Crippen LogP contribution in [0.4, 0.5) is 11.4 Å². The Morgan fingerprint density at radius 1 is 1.31 bits per heavy atom. The minimum atomic E-state index is -3.21. The third-order valence-electron chi connectivity index (χ3n) is 2.24. The predicted molar refractivity (Wildman–Crippen MR) is 68.0 cm³/mol. The zero-order chi connectivity index (χ0) is 12.2. The molecule has 0 saturated carbocycles. The van der Waals surface area contributed by atoms with Gasteiger partial charge in [-0.3, -0.25) is 4.31 Å². The number of rotatable bonds is 5. The van der Waals surface area contributed by atoms with Crippen LogP contribution >= 0.6 is 0 Å². The molecule has 90 valence electrons. The topological polar surface area (TPSA) is 63.4 Å². The van der Waals surface area contributed by atoms with Gasteiger partial charge in [0, 0.05) is 12.2 Å². The average molecular weight is 242 g/mol. The van der Waals surface area contributed by atoms with Crippen LogP contribution in [0.2, 0.25) is 0 Å². The van der Waals surface area contributed by atoms with Gasteiger partial charge in [-0.05, 0) is 31.5 Å². The quantitative estimate of drug-likeness (QED) is 0.801. The molecule has 0 amide bonds. The number of anilines is 2. The van der Waals surface area contributed by atoms with Crippen LogP contribution in [0.3, 0.4) is 0 Å². The van der Waals surface area contributed by atoms with E-state index in [1.807, 2.05) is 13.8 Å². The SMILES string of the molecule is CCCS(=O)(=O)N(CC)c1cccc(N)c1. The van der Waals surface area contributed by atoms with Crippen LogP contribution in [0.1, 0.15) is 20.3 Å². The standard InChI is InChI=1S/C11H18N2O2S/c1-3-8-16(14,15)13(4-2)11-7-5-6-10(12)9-11/h5-7,9H,3-4,8,12H2,1-2H3. The summed E-state index contributed by atoms with van der Waals surface area (Å²) in [6.07, 6.45) is 0.612. The van der Waals surface area contributed by atoms with Crippen LogP contribution in [0.5, 0.6) is 0 Å². The normalized spacial score (nSPS) is 11.4. The van der Waals surface area contributed by atoms with E-state index in [0.717, 1.165) is 0 Å². The molecule has 2 N–H and O–H groups in total. The first-order valence-corrected chi connectivity index (χ1v) is 6.98. The van der Waals surface area contributed by atoms with Crippen molar-refractivity contribution in [2.75, 3.05) is 22.3 Å². The van der Waals surface area contributed by atoms with Crippen molar-refractivity contribution in [3.8, 4) is 0 Å². The number of nitrogens with two attached hydrogens (primary N) is 1. The van der Waals surface area contributed by atoms with Gasteiger partial charge in [0.05, 0.1) is 11.4 Å². The number of nitrogens with zero attached hydrogens (tertiary/aromatic N) is 1. The van der Waals surface area contributed by atoms with E-state index in [1.54, 1.807) is 24.3 Å². The van der Waals surface area contributed by atoms with E-state index < -0.39 is 10.0 Å². The Morgan fingerprint density at radius 2 is 2.00 bits per heavy atom. The largest absolute Gasteiger partial charge is 0.399 e. The van der Waals surface area contributed by atoms with Crippen molar-refractivity contribution >= 4 is 21.4 Å². The molecule has 1 aromatic rings. The molecule has 16 heavy (non-hydrogen) atoms. The third-order valence-corrected chi connectivity index (χ3v) is 4.31. The molecule has 0 bridgehead atoms. The minimum absolute atomic E-state index is 0.162. The lowest BCUT2D eigenvalue weighted by molar-refractivity contribution is 0.590. The monoisotopic (exact) mass is 242 g/mol. The number of benzene rings is 1. The summed E-state index contributed by atoms with van der Waals surface area (Å²) in [5, 5.41) is 0. The smallest absolute Gasteiger partial charge is 0.235 e. The van der Waals surface area contributed by atoms with E-state index in [-0.39, 0.29) is 5.75 Å². The molecule has 5 heteroatoms. The predicted octanol–water partition coefficient (Wildman–Crippen LogP) is 1.83. The van der Waals surface area contributed by atoms with E-state index >= 15 is 0 Å². The summed E-state index contributed by atoms with van der Waals surface area (Å²) >= 11 is 0. The highest BCUT2D eigenvalue weighted by Crippen LogP contribution is 2.20. The Balaban J connectivity index is 3.08. The van der Waals surface area contributed by atoms with Gasteiger partial charge < -0.3 is 5.73 Å². The number of hydrogen-bond donors (Lipinski definition) is 1. The molecule has 0 aliphatic heterocycles. The Bertz CT molecular complexity index is 443. The van der Waals surface area contributed by atoms with Gasteiger partial charge in [-0.1, -0.05) is 13.0 Å². The van der Waals surface area contributed by atoms with E-state index in [4.69, 9.17) is 5.73 Å². The van der Waals surface area contributed by atoms with E-state index in [0.29, 0.717) is 24.3 Å². The third kappa shape index (κ3) is 2.88. The first-order chi connectivity index (χ1) is 7.51. The second-order valence-electron chi connectivity index (χ2n) is 3.58. The maximum Gasteiger partial charge on any atom is 0.235 e. The molecule has 0 aromatic heterocycles. The molecular formula is C11H18N2O2S. The zero-order valence-electron chi connectivity index (χ0n) is 9.68. The van der Waals surface area contributed by atoms with Crippen molar-refractivity contribution in [3.05, 3.63) is 24.3 Å². The summed E-state index contributed by atoms with van der Waals surface area (Å²) in [5.74, 6) is 0.162. The summed E-state index contributed by atoms with van der Waals surface area (Å²) in [6, 6.07) is 6.93. The van der Waals surface area contributed by atoms with Gasteiger partial charge in [0.25, 0.3) is 0 Å². The van der Waals surface area contributed by atoms with Gasteiger partial charge in [-0.15, -0.1) is 0 Å². The van der Waals surface area contributed by atoms with E-state index in [2.05, 4.69) is 0 Å². The molecule has 0 aliphatic carbocycles. The van der Waals surface area contributed by atoms with Gasteiger partial charge in [0.2, 0.25) is 10.0 Å². The Morgan fingerprint density at radius 3 is 2.50 bits per heavy atom. The maximum atomic E-state index is 12.0. The van der Waals surface area contributed by atoms with Crippen LogP contribution in [0.15, 0.2) is 24.3 Å². The van der Waals surface area contributed by atoms with Crippen molar-refractivity contribution in [1.29, 1.82) is 0 Å².